The average molecular weight is 237 g/mol. The van der Waals surface area contributed by atoms with Gasteiger partial charge in [-0.15, -0.1) is 0 Å². The molecule has 0 amide bonds. The molecule has 1 aliphatic rings. The van der Waals surface area contributed by atoms with Crippen LogP contribution in [0.1, 0.15) is 12.0 Å². The predicted molar refractivity (Wildman–Crippen MR) is 66.8 cm³/mol. The van der Waals surface area contributed by atoms with E-state index in [1.807, 2.05) is 31.2 Å². The predicted octanol–water partition coefficient (Wildman–Crippen LogP) is 2.04. The second kappa shape index (κ2) is 5.16. The Labute approximate surface area is 101 Å². The molecule has 1 saturated heterocycles. The van der Waals surface area contributed by atoms with Gasteiger partial charge in [0.1, 0.15) is 18.5 Å². The molecular formula is C12H15NO2S. The minimum atomic E-state index is 0.0641. The van der Waals surface area contributed by atoms with Crippen LogP contribution in [0.15, 0.2) is 24.3 Å². The molecule has 3 nitrogen and oxygen atoms in total. The van der Waals surface area contributed by atoms with Crippen LogP contribution in [0.3, 0.4) is 0 Å². The van der Waals surface area contributed by atoms with Gasteiger partial charge in [-0.3, -0.25) is 0 Å². The van der Waals surface area contributed by atoms with E-state index in [4.69, 9.17) is 21.7 Å². The monoisotopic (exact) mass is 237 g/mol. The highest BCUT2D eigenvalue weighted by molar-refractivity contribution is 7.80. The fourth-order valence-corrected chi connectivity index (χ4v) is 1.84. The number of ether oxygens (including phenoxy) is 2. The van der Waals surface area contributed by atoms with Crippen molar-refractivity contribution in [2.75, 3.05) is 13.2 Å². The van der Waals surface area contributed by atoms with Crippen molar-refractivity contribution in [2.45, 2.75) is 19.4 Å². The van der Waals surface area contributed by atoms with Crippen molar-refractivity contribution < 1.29 is 9.47 Å². The maximum absolute atomic E-state index is 5.66. The van der Waals surface area contributed by atoms with Crippen molar-refractivity contribution in [1.82, 2.24) is 5.32 Å². The highest BCUT2D eigenvalue weighted by atomic mass is 32.1. The molecule has 1 aromatic rings. The second-order valence-electron chi connectivity index (χ2n) is 3.87. The first-order chi connectivity index (χ1) is 7.74. The van der Waals surface area contributed by atoms with Gasteiger partial charge in [-0.05, 0) is 36.8 Å². The van der Waals surface area contributed by atoms with Gasteiger partial charge < -0.3 is 14.8 Å². The van der Waals surface area contributed by atoms with Crippen molar-refractivity contribution >= 4 is 17.4 Å². The van der Waals surface area contributed by atoms with E-state index < -0.39 is 0 Å². The molecule has 1 aliphatic heterocycles. The first-order valence-electron chi connectivity index (χ1n) is 5.38. The number of thiocarbonyl (C=S) groups is 1. The number of rotatable bonds is 3. The lowest BCUT2D eigenvalue weighted by atomic mass is 10.2. The minimum absolute atomic E-state index is 0.0641. The Morgan fingerprint density at radius 2 is 2.44 bits per heavy atom. The summed E-state index contributed by atoms with van der Waals surface area (Å²) in [6.45, 7) is 3.45. The largest absolute Gasteiger partial charge is 0.490 e. The summed E-state index contributed by atoms with van der Waals surface area (Å²) >= 11 is 4.95. The Hall–Kier alpha value is -1.29. The molecule has 86 valence electrons. The Kier molecular flexibility index (Phi) is 3.62. The van der Waals surface area contributed by atoms with Crippen LogP contribution < -0.4 is 10.1 Å². The summed E-state index contributed by atoms with van der Waals surface area (Å²) in [5.41, 5.74) is 1.19. The van der Waals surface area contributed by atoms with Crippen LogP contribution in [0, 0.1) is 6.92 Å². The Morgan fingerprint density at radius 3 is 3.19 bits per heavy atom. The summed E-state index contributed by atoms with van der Waals surface area (Å²) in [6.07, 6.45) is 0.987. The van der Waals surface area contributed by atoms with Crippen molar-refractivity contribution in [3.63, 3.8) is 0 Å². The highest BCUT2D eigenvalue weighted by Crippen LogP contribution is 2.14. The van der Waals surface area contributed by atoms with Crippen LogP contribution >= 0.6 is 12.2 Å². The van der Waals surface area contributed by atoms with E-state index in [0.717, 1.165) is 18.7 Å². The van der Waals surface area contributed by atoms with E-state index in [-0.39, 0.29) is 6.10 Å². The van der Waals surface area contributed by atoms with Crippen LogP contribution in [0.4, 0.5) is 0 Å². The average Bonchev–Trinajstić information content (AvgIpc) is 2.27. The number of nitrogens with one attached hydrogen (secondary N) is 1. The third-order valence-electron chi connectivity index (χ3n) is 2.43. The topological polar surface area (TPSA) is 30.5 Å². The van der Waals surface area contributed by atoms with Gasteiger partial charge in [0.25, 0.3) is 5.17 Å². The van der Waals surface area contributed by atoms with Crippen LogP contribution in [0.5, 0.6) is 5.75 Å². The Balaban J connectivity index is 1.85. The normalized spacial score (nSPS) is 19.8. The summed E-state index contributed by atoms with van der Waals surface area (Å²) in [5.74, 6) is 0.882. The molecule has 0 spiro atoms. The van der Waals surface area contributed by atoms with Crippen molar-refractivity contribution in [1.29, 1.82) is 0 Å². The smallest absolute Gasteiger partial charge is 0.257 e. The molecule has 16 heavy (non-hydrogen) atoms. The van der Waals surface area contributed by atoms with Gasteiger partial charge in [0.15, 0.2) is 0 Å². The van der Waals surface area contributed by atoms with E-state index in [1.165, 1.54) is 5.56 Å². The summed E-state index contributed by atoms with van der Waals surface area (Å²) in [6, 6.07) is 7.99. The number of hydrogen-bond donors (Lipinski definition) is 1. The van der Waals surface area contributed by atoms with Crippen molar-refractivity contribution in [3.8, 4) is 5.75 Å². The molecule has 1 N–H and O–H groups in total. The lowest BCUT2D eigenvalue weighted by molar-refractivity contribution is 0.0956. The van der Waals surface area contributed by atoms with Crippen LogP contribution in [0.25, 0.3) is 0 Å². The number of hydrogen-bond acceptors (Lipinski definition) is 3. The molecule has 1 fully saturated rings. The van der Waals surface area contributed by atoms with E-state index in [0.29, 0.717) is 11.8 Å². The van der Waals surface area contributed by atoms with E-state index in [9.17, 15) is 0 Å². The zero-order valence-corrected chi connectivity index (χ0v) is 10.0. The zero-order chi connectivity index (χ0) is 11.4. The highest BCUT2D eigenvalue weighted by Gasteiger charge is 2.17. The van der Waals surface area contributed by atoms with Gasteiger partial charge in [-0.1, -0.05) is 12.1 Å². The fourth-order valence-electron chi connectivity index (χ4n) is 1.60. The van der Waals surface area contributed by atoms with E-state index in [2.05, 4.69) is 5.32 Å². The molecule has 2 rings (SSSR count). The summed E-state index contributed by atoms with van der Waals surface area (Å²) in [5, 5.41) is 3.45. The molecule has 0 radical (unpaired) electrons. The first kappa shape index (κ1) is 11.2. The molecule has 4 heteroatoms. The van der Waals surface area contributed by atoms with Gasteiger partial charge >= 0.3 is 0 Å². The van der Waals surface area contributed by atoms with Gasteiger partial charge in [0, 0.05) is 13.0 Å². The van der Waals surface area contributed by atoms with Gasteiger partial charge in [0.05, 0.1) is 0 Å². The maximum Gasteiger partial charge on any atom is 0.257 e. The lowest BCUT2D eigenvalue weighted by Crippen LogP contribution is -2.40. The van der Waals surface area contributed by atoms with Crippen molar-refractivity contribution in [3.05, 3.63) is 29.8 Å². The van der Waals surface area contributed by atoms with Gasteiger partial charge in [-0.2, -0.15) is 0 Å². The molecule has 0 aliphatic carbocycles. The molecule has 1 atom stereocenters. The summed E-state index contributed by atoms with van der Waals surface area (Å²) in [4.78, 5) is 0. The van der Waals surface area contributed by atoms with Gasteiger partial charge in [-0.25, -0.2) is 0 Å². The number of benzene rings is 1. The standard InChI is InChI=1S/C12H15NO2S/c1-9-3-2-4-10(7-9)14-8-11-5-6-13-12(16)15-11/h2-4,7,11H,5-6,8H2,1H3,(H,13,16). The zero-order valence-electron chi connectivity index (χ0n) is 9.23. The first-order valence-corrected chi connectivity index (χ1v) is 5.79. The SMILES string of the molecule is Cc1cccc(OCC2CCNC(=S)O2)c1. The summed E-state index contributed by atoms with van der Waals surface area (Å²) in [7, 11) is 0. The van der Waals surface area contributed by atoms with Gasteiger partial charge in [0.2, 0.25) is 0 Å². The van der Waals surface area contributed by atoms with Crippen molar-refractivity contribution in [2.24, 2.45) is 0 Å². The lowest BCUT2D eigenvalue weighted by Gasteiger charge is -2.25. The fraction of sp³-hybridized carbons (Fsp3) is 0.417. The maximum atomic E-state index is 5.66. The third kappa shape index (κ3) is 3.10. The quantitative estimate of drug-likeness (QED) is 0.815. The van der Waals surface area contributed by atoms with Crippen LogP contribution in [-0.4, -0.2) is 24.4 Å². The number of aryl methyl sites for hydroxylation is 1. The van der Waals surface area contributed by atoms with E-state index in [1.54, 1.807) is 0 Å². The molecule has 1 unspecified atom stereocenters. The molecular weight excluding hydrogens is 222 g/mol. The molecule has 0 aromatic heterocycles. The van der Waals surface area contributed by atoms with Crippen LogP contribution in [-0.2, 0) is 4.74 Å². The second-order valence-corrected chi connectivity index (χ2v) is 4.24. The molecule has 0 bridgehead atoms. The van der Waals surface area contributed by atoms with Crippen LogP contribution in [0.2, 0.25) is 0 Å². The van der Waals surface area contributed by atoms with E-state index >= 15 is 0 Å². The molecule has 0 saturated carbocycles. The molecule has 1 aromatic carbocycles. The minimum Gasteiger partial charge on any atom is -0.490 e. The Morgan fingerprint density at radius 1 is 1.56 bits per heavy atom. The summed E-state index contributed by atoms with van der Waals surface area (Å²) < 4.78 is 11.1. The Bertz CT molecular complexity index is 381. The molecule has 1 heterocycles. The third-order valence-corrected chi connectivity index (χ3v) is 2.68.